The van der Waals surface area contributed by atoms with Gasteiger partial charge < -0.3 is 34.5 Å². The third-order valence-electron chi connectivity index (χ3n) is 6.92. The molecular formula is C27H39N5O6S. The maximum Gasteiger partial charge on any atom is 0.275 e. The topological polar surface area (TPSA) is 114 Å². The SMILES string of the molecule is COCCNC(=O)c1cc(CN2CCOCC2(C)C)ccc1NC(=O)c1csc(N2CCOC[C@@H]2COC)n1. The van der Waals surface area contributed by atoms with Crippen LogP contribution in [0.5, 0.6) is 0 Å². The zero-order chi connectivity index (χ0) is 27.8. The molecule has 3 heterocycles. The van der Waals surface area contributed by atoms with Gasteiger partial charge in [-0.1, -0.05) is 6.07 Å². The van der Waals surface area contributed by atoms with E-state index in [0.29, 0.717) is 76.2 Å². The van der Waals surface area contributed by atoms with Crippen LogP contribution in [0.2, 0.25) is 0 Å². The van der Waals surface area contributed by atoms with E-state index in [9.17, 15) is 9.59 Å². The van der Waals surface area contributed by atoms with Gasteiger partial charge in [0, 0.05) is 51.3 Å². The minimum Gasteiger partial charge on any atom is -0.383 e. The number of rotatable bonds is 11. The number of carbonyl (C=O) groups is 2. The van der Waals surface area contributed by atoms with Crippen LogP contribution < -0.4 is 15.5 Å². The molecule has 2 fully saturated rings. The van der Waals surface area contributed by atoms with E-state index in [1.165, 1.54) is 11.3 Å². The normalized spacial score (nSPS) is 19.6. The summed E-state index contributed by atoms with van der Waals surface area (Å²) in [6.07, 6.45) is 0. The Bertz CT molecular complexity index is 1120. The summed E-state index contributed by atoms with van der Waals surface area (Å²) in [6.45, 7) is 10.2. The van der Waals surface area contributed by atoms with Crippen molar-refractivity contribution in [2.45, 2.75) is 32.0 Å². The molecule has 4 rings (SSSR count). The Hall–Kier alpha value is -2.61. The Morgan fingerprint density at radius 3 is 2.74 bits per heavy atom. The summed E-state index contributed by atoms with van der Waals surface area (Å²) in [5.41, 5.74) is 1.98. The third-order valence-corrected chi connectivity index (χ3v) is 7.79. The molecular weight excluding hydrogens is 522 g/mol. The van der Waals surface area contributed by atoms with Crippen LogP contribution in [-0.2, 0) is 25.5 Å². The average Bonchev–Trinajstić information content (AvgIpc) is 3.42. The van der Waals surface area contributed by atoms with Crippen LogP contribution in [0.15, 0.2) is 23.6 Å². The molecule has 1 aromatic heterocycles. The highest BCUT2D eigenvalue weighted by atomic mass is 32.1. The van der Waals surface area contributed by atoms with Crippen LogP contribution in [-0.4, -0.2) is 107 Å². The molecule has 2 amide bonds. The molecule has 2 aromatic rings. The maximum absolute atomic E-state index is 13.2. The highest BCUT2D eigenvalue weighted by molar-refractivity contribution is 7.14. The number of methoxy groups -OCH3 is 2. The summed E-state index contributed by atoms with van der Waals surface area (Å²) in [6, 6.07) is 5.62. The first-order valence-electron chi connectivity index (χ1n) is 13.2. The van der Waals surface area contributed by atoms with Gasteiger partial charge in [-0.2, -0.15) is 0 Å². The Kier molecular flexibility index (Phi) is 10.3. The molecule has 214 valence electrons. The van der Waals surface area contributed by atoms with Crippen molar-refractivity contribution in [1.82, 2.24) is 15.2 Å². The smallest absolute Gasteiger partial charge is 0.275 e. The van der Waals surface area contributed by atoms with Gasteiger partial charge in [-0.15, -0.1) is 11.3 Å². The highest BCUT2D eigenvalue weighted by Crippen LogP contribution is 2.27. The fourth-order valence-corrected chi connectivity index (χ4v) is 5.58. The quantitative estimate of drug-likeness (QED) is 0.399. The summed E-state index contributed by atoms with van der Waals surface area (Å²) in [5.74, 6) is -0.651. The minimum atomic E-state index is -0.373. The number of anilines is 2. The lowest BCUT2D eigenvalue weighted by Gasteiger charge is -2.42. The fourth-order valence-electron chi connectivity index (χ4n) is 4.68. The van der Waals surface area contributed by atoms with Gasteiger partial charge in [0.15, 0.2) is 5.13 Å². The number of aromatic nitrogens is 1. The van der Waals surface area contributed by atoms with Crippen molar-refractivity contribution >= 4 is 34.0 Å². The predicted octanol–water partition coefficient (Wildman–Crippen LogP) is 2.23. The van der Waals surface area contributed by atoms with Crippen LogP contribution in [0.3, 0.4) is 0 Å². The van der Waals surface area contributed by atoms with Crippen molar-refractivity contribution in [2.24, 2.45) is 0 Å². The van der Waals surface area contributed by atoms with Crippen LogP contribution in [0.4, 0.5) is 10.8 Å². The Labute approximate surface area is 233 Å². The van der Waals surface area contributed by atoms with Gasteiger partial charge in [0.05, 0.1) is 56.9 Å². The molecule has 2 N–H and O–H groups in total. The Morgan fingerprint density at radius 1 is 1.15 bits per heavy atom. The number of amides is 2. The molecule has 1 aromatic carbocycles. The summed E-state index contributed by atoms with van der Waals surface area (Å²) < 4.78 is 21.6. The molecule has 0 bridgehead atoms. The maximum atomic E-state index is 13.2. The number of hydrogen-bond donors (Lipinski definition) is 2. The van der Waals surface area contributed by atoms with E-state index in [0.717, 1.165) is 17.2 Å². The van der Waals surface area contributed by atoms with Crippen LogP contribution in [0, 0.1) is 0 Å². The number of thiazole rings is 1. The van der Waals surface area contributed by atoms with Gasteiger partial charge in [0.2, 0.25) is 0 Å². The van der Waals surface area contributed by atoms with E-state index in [2.05, 4.69) is 39.3 Å². The van der Waals surface area contributed by atoms with Crippen LogP contribution in [0.25, 0.3) is 0 Å². The van der Waals surface area contributed by atoms with Crippen molar-refractivity contribution in [3.63, 3.8) is 0 Å². The second kappa shape index (κ2) is 13.6. The van der Waals surface area contributed by atoms with E-state index in [1.807, 2.05) is 12.1 Å². The summed E-state index contributed by atoms with van der Waals surface area (Å²) in [7, 11) is 3.24. The molecule has 12 heteroatoms. The number of nitrogens with one attached hydrogen (secondary N) is 2. The highest BCUT2D eigenvalue weighted by Gasteiger charge is 2.31. The van der Waals surface area contributed by atoms with E-state index in [4.69, 9.17) is 18.9 Å². The largest absolute Gasteiger partial charge is 0.383 e. The minimum absolute atomic E-state index is 0.0391. The Balaban J connectivity index is 1.52. The molecule has 2 aliphatic rings. The van der Waals surface area contributed by atoms with Crippen molar-refractivity contribution in [2.75, 3.05) is 83.7 Å². The number of carbonyl (C=O) groups excluding carboxylic acids is 2. The summed E-state index contributed by atoms with van der Waals surface area (Å²) >= 11 is 1.40. The van der Waals surface area contributed by atoms with Crippen molar-refractivity contribution in [3.8, 4) is 0 Å². The molecule has 1 atom stereocenters. The number of morpholine rings is 2. The molecule has 0 saturated carbocycles. The van der Waals surface area contributed by atoms with Crippen molar-refractivity contribution in [1.29, 1.82) is 0 Å². The first-order chi connectivity index (χ1) is 18.8. The zero-order valence-electron chi connectivity index (χ0n) is 23.2. The fraction of sp³-hybridized carbons (Fsp3) is 0.593. The molecule has 11 nitrogen and oxygen atoms in total. The Morgan fingerprint density at radius 2 is 1.97 bits per heavy atom. The number of nitrogens with zero attached hydrogens (tertiary/aromatic N) is 3. The van der Waals surface area contributed by atoms with Crippen LogP contribution >= 0.6 is 11.3 Å². The predicted molar refractivity (Wildman–Crippen MR) is 150 cm³/mol. The second-order valence-corrected chi connectivity index (χ2v) is 11.1. The van der Waals surface area contributed by atoms with Gasteiger partial charge >= 0.3 is 0 Å². The molecule has 0 spiro atoms. The summed E-state index contributed by atoms with van der Waals surface area (Å²) in [5, 5.41) is 8.26. The first kappa shape index (κ1) is 29.4. The molecule has 2 aliphatic heterocycles. The second-order valence-electron chi connectivity index (χ2n) is 10.3. The monoisotopic (exact) mass is 561 g/mol. The first-order valence-corrected chi connectivity index (χ1v) is 14.0. The van der Waals surface area contributed by atoms with Gasteiger partial charge in [-0.3, -0.25) is 14.5 Å². The van der Waals surface area contributed by atoms with E-state index >= 15 is 0 Å². The summed E-state index contributed by atoms with van der Waals surface area (Å²) in [4.78, 5) is 35.4. The number of hydrogen-bond acceptors (Lipinski definition) is 10. The van der Waals surface area contributed by atoms with E-state index in [-0.39, 0.29) is 23.4 Å². The van der Waals surface area contributed by atoms with Crippen molar-refractivity contribution < 1.29 is 28.5 Å². The molecule has 0 aliphatic carbocycles. The molecule has 39 heavy (non-hydrogen) atoms. The molecule has 0 unspecified atom stereocenters. The third kappa shape index (κ3) is 7.53. The van der Waals surface area contributed by atoms with E-state index in [1.54, 1.807) is 25.7 Å². The number of ether oxygens (including phenoxy) is 4. The molecule has 2 saturated heterocycles. The number of benzene rings is 1. The molecule has 0 radical (unpaired) electrons. The lowest BCUT2D eigenvalue weighted by atomic mass is 10.00. The lowest BCUT2D eigenvalue weighted by Crippen LogP contribution is -2.52. The van der Waals surface area contributed by atoms with Crippen LogP contribution in [0.1, 0.15) is 40.3 Å². The van der Waals surface area contributed by atoms with Crippen molar-refractivity contribution in [3.05, 3.63) is 40.4 Å². The average molecular weight is 562 g/mol. The zero-order valence-corrected chi connectivity index (χ0v) is 24.0. The van der Waals surface area contributed by atoms with Gasteiger partial charge in [-0.05, 0) is 31.5 Å². The lowest BCUT2D eigenvalue weighted by molar-refractivity contribution is -0.0552. The van der Waals surface area contributed by atoms with Gasteiger partial charge in [0.1, 0.15) is 5.69 Å². The van der Waals surface area contributed by atoms with Gasteiger partial charge in [-0.25, -0.2) is 4.98 Å². The standard InChI is InChI=1S/C27H39N5O6S/c1-27(2)18-38-11-8-31(27)14-19-5-6-22(21(13-19)24(33)28-7-10-35-3)29-25(34)23-17-39-26(30-23)32-9-12-37-16-20(32)15-36-4/h5-6,13,17,20H,7-12,14-16,18H2,1-4H3,(H,28,33)(H,29,34)/t20-/m0/s1. The van der Waals surface area contributed by atoms with E-state index < -0.39 is 0 Å². The van der Waals surface area contributed by atoms with Gasteiger partial charge in [0.25, 0.3) is 11.8 Å².